The molecule has 0 spiro atoms. The summed E-state index contributed by atoms with van der Waals surface area (Å²) in [6.07, 6.45) is 3.64. The van der Waals surface area contributed by atoms with Crippen LogP contribution in [0, 0.1) is 11.8 Å². The number of ether oxygens (including phenoxy) is 1. The van der Waals surface area contributed by atoms with Crippen LogP contribution in [0.1, 0.15) is 44.6 Å². The van der Waals surface area contributed by atoms with Crippen molar-refractivity contribution in [1.29, 1.82) is 0 Å². The molecule has 1 aliphatic rings. The SMILES string of the molecule is CCNCC#CCOC(=O)C(O)C1(c2ccccc2)CCCCC1. The lowest BCUT2D eigenvalue weighted by atomic mass is 9.66. The van der Waals surface area contributed by atoms with E-state index in [2.05, 4.69) is 17.2 Å². The maximum atomic E-state index is 12.4. The standard InChI is InChI=1S/C20H27NO3/c1-2-21-15-9-10-16-24-19(23)18(22)20(13-7-4-8-14-20)17-11-5-3-6-12-17/h3,5-6,11-12,18,21-22H,2,4,7-8,13-16H2,1H3. The zero-order valence-corrected chi connectivity index (χ0v) is 14.4. The van der Waals surface area contributed by atoms with Crippen molar-refractivity contribution < 1.29 is 14.6 Å². The Morgan fingerprint density at radius 1 is 1.25 bits per heavy atom. The van der Waals surface area contributed by atoms with E-state index in [4.69, 9.17) is 4.74 Å². The molecule has 0 aromatic heterocycles. The van der Waals surface area contributed by atoms with Crippen molar-refractivity contribution >= 4 is 5.97 Å². The second-order valence-electron chi connectivity index (χ2n) is 6.23. The number of rotatable bonds is 6. The zero-order chi connectivity index (χ0) is 17.3. The van der Waals surface area contributed by atoms with Crippen molar-refractivity contribution in [1.82, 2.24) is 5.32 Å². The van der Waals surface area contributed by atoms with Crippen LogP contribution in [-0.2, 0) is 14.9 Å². The monoisotopic (exact) mass is 329 g/mol. The predicted molar refractivity (Wildman–Crippen MR) is 94.5 cm³/mol. The molecule has 2 rings (SSSR count). The Kier molecular flexibility index (Phi) is 7.30. The lowest BCUT2D eigenvalue weighted by Gasteiger charge is -2.40. The first-order valence-electron chi connectivity index (χ1n) is 8.77. The van der Waals surface area contributed by atoms with Gasteiger partial charge in [0.2, 0.25) is 0 Å². The predicted octanol–water partition coefficient (Wildman–Crippen LogP) is 2.41. The third kappa shape index (κ3) is 4.59. The fourth-order valence-electron chi connectivity index (χ4n) is 3.39. The molecule has 2 N–H and O–H groups in total. The van der Waals surface area contributed by atoms with Crippen molar-refractivity contribution in [2.75, 3.05) is 19.7 Å². The van der Waals surface area contributed by atoms with Crippen LogP contribution in [0.4, 0.5) is 0 Å². The maximum absolute atomic E-state index is 12.4. The first-order chi connectivity index (χ1) is 11.7. The van der Waals surface area contributed by atoms with Crippen LogP contribution in [0.3, 0.4) is 0 Å². The fraction of sp³-hybridized carbons (Fsp3) is 0.550. The van der Waals surface area contributed by atoms with E-state index in [0.717, 1.165) is 44.2 Å². The second-order valence-corrected chi connectivity index (χ2v) is 6.23. The van der Waals surface area contributed by atoms with Gasteiger partial charge in [-0.2, -0.15) is 0 Å². The summed E-state index contributed by atoms with van der Waals surface area (Å²) in [5.74, 6) is 5.11. The summed E-state index contributed by atoms with van der Waals surface area (Å²) in [4.78, 5) is 12.4. The Labute approximate surface area is 144 Å². The average Bonchev–Trinajstić information content (AvgIpc) is 2.65. The minimum absolute atomic E-state index is 0.0200. The molecule has 1 unspecified atom stereocenters. The summed E-state index contributed by atoms with van der Waals surface area (Å²) >= 11 is 0. The van der Waals surface area contributed by atoms with E-state index >= 15 is 0 Å². The summed E-state index contributed by atoms with van der Waals surface area (Å²) in [7, 11) is 0. The minimum Gasteiger partial charge on any atom is -0.451 e. The Bertz CT molecular complexity index is 568. The van der Waals surface area contributed by atoms with Gasteiger partial charge in [0.15, 0.2) is 12.7 Å². The van der Waals surface area contributed by atoms with E-state index < -0.39 is 17.5 Å². The number of nitrogens with one attached hydrogen (secondary N) is 1. The van der Waals surface area contributed by atoms with Crippen molar-refractivity contribution in [2.24, 2.45) is 0 Å². The molecular weight excluding hydrogens is 302 g/mol. The molecule has 0 saturated heterocycles. The van der Waals surface area contributed by atoms with Gasteiger partial charge < -0.3 is 15.2 Å². The number of benzene rings is 1. The number of carbonyl (C=O) groups is 1. The van der Waals surface area contributed by atoms with E-state index in [0.29, 0.717) is 6.54 Å². The smallest absolute Gasteiger partial charge is 0.336 e. The number of hydrogen-bond acceptors (Lipinski definition) is 4. The Morgan fingerprint density at radius 3 is 2.62 bits per heavy atom. The van der Waals surface area contributed by atoms with E-state index in [1.807, 2.05) is 37.3 Å². The highest BCUT2D eigenvalue weighted by Gasteiger charge is 2.44. The fourth-order valence-corrected chi connectivity index (χ4v) is 3.39. The summed E-state index contributed by atoms with van der Waals surface area (Å²) in [6.45, 7) is 3.45. The van der Waals surface area contributed by atoms with Crippen molar-refractivity contribution in [2.45, 2.75) is 50.5 Å². The van der Waals surface area contributed by atoms with Gasteiger partial charge in [-0.1, -0.05) is 68.4 Å². The Hall–Kier alpha value is -1.83. The molecule has 0 heterocycles. The molecule has 4 heteroatoms. The second kappa shape index (κ2) is 9.46. The molecule has 24 heavy (non-hydrogen) atoms. The largest absolute Gasteiger partial charge is 0.451 e. The van der Waals surface area contributed by atoms with Gasteiger partial charge in [-0.05, 0) is 24.9 Å². The van der Waals surface area contributed by atoms with E-state index in [-0.39, 0.29) is 6.61 Å². The first kappa shape index (κ1) is 18.5. The highest BCUT2D eigenvalue weighted by Crippen LogP contribution is 2.42. The van der Waals surface area contributed by atoms with Gasteiger partial charge in [0.05, 0.1) is 6.54 Å². The lowest BCUT2D eigenvalue weighted by molar-refractivity contribution is -0.157. The normalized spacial score (nSPS) is 17.4. The number of aliphatic hydroxyl groups excluding tert-OH is 1. The van der Waals surface area contributed by atoms with Gasteiger partial charge in [0.1, 0.15) is 0 Å². The van der Waals surface area contributed by atoms with Gasteiger partial charge >= 0.3 is 5.97 Å². The van der Waals surface area contributed by atoms with Crippen molar-refractivity contribution in [3.63, 3.8) is 0 Å². The van der Waals surface area contributed by atoms with Crippen LogP contribution >= 0.6 is 0 Å². The van der Waals surface area contributed by atoms with Crippen molar-refractivity contribution in [3.05, 3.63) is 35.9 Å². The summed E-state index contributed by atoms with van der Waals surface area (Å²) in [5, 5.41) is 13.8. The van der Waals surface area contributed by atoms with Gasteiger partial charge in [-0.3, -0.25) is 0 Å². The third-order valence-electron chi connectivity index (χ3n) is 4.72. The van der Waals surface area contributed by atoms with Gasteiger partial charge in [-0.15, -0.1) is 0 Å². The highest BCUT2D eigenvalue weighted by molar-refractivity contribution is 5.77. The van der Waals surface area contributed by atoms with Crippen LogP contribution < -0.4 is 5.32 Å². The highest BCUT2D eigenvalue weighted by atomic mass is 16.5. The molecule has 0 radical (unpaired) electrons. The molecule has 1 atom stereocenters. The molecule has 1 aliphatic carbocycles. The summed E-state index contributed by atoms with van der Waals surface area (Å²) in [5.41, 5.74) is 0.487. The molecule has 1 saturated carbocycles. The molecule has 4 nitrogen and oxygen atoms in total. The van der Waals surface area contributed by atoms with Crippen molar-refractivity contribution in [3.8, 4) is 11.8 Å². The molecule has 1 aromatic rings. The summed E-state index contributed by atoms with van der Waals surface area (Å²) in [6, 6.07) is 9.85. The van der Waals surface area contributed by atoms with Crippen LogP contribution in [0.15, 0.2) is 30.3 Å². The number of hydrogen-bond donors (Lipinski definition) is 2. The quantitative estimate of drug-likeness (QED) is 0.478. The summed E-state index contributed by atoms with van der Waals surface area (Å²) < 4.78 is 5.19. The maximum Gasteiger partial charge on any atom is 0.336 e. The van der Waals surface area contributed by atoms with Gasteiger partial charge in [-0.25, -0.2) is 4.79 Å². The Balaban J connectivity index is 2.03. The Morgan fingerprint density at radius 2 is 1.96 bits per heavy atom. The minimum atomic E-state index is -1.14. The van der Waals surface area contributed by atoms with Crippen LogP contribution in [0.25, 0.3) is 0 Å². The zero-order valence-electron chi connectivity index (χ0n) is 14.4. The first-order valence-corrected chi connectivity index (χ1v) is 8.77. The molecule has 1 fully saturated rings. The molecule has 1 aromatic carbocycles. The molecule has 0 aliphatic heterocycles. The topological polar surface area (TPSA) is 58.6 Å². The van der Waals surface area contributed by atoms with Gasteiger partial charge in [0, 0.05) is 5.41 Å². The molecule has 0 amide bonds. The van der Waals surface area contributed by atoms with Crippen LogP contribution in [0.5, 0.6) is 0 Å². The molecule has 130 valence electrons. The third-order valence-corrected chi connectivity index (χ3v) is 4.72. The van der Waals surface area contributed by atoms with Crippen LogP contribution in [0.2, 0.25) is 0 Å². The number of carbonyl (C=O) groups excluding carboxylic acids is 1. The number of esters is 1. The van der Waals surface area contributed by atoms with E-state index in [1.165, 1.54) is 0 Å². The van der Waals surface area contributed by atoms with E-state index in [1.54, 1.807) is 0 Å². The van der Waals surface area contributed by atoms with E-state index in [9.17, 15) is 9.90 Å². The number of aliphatic hydroxyl groups is 1. The van der Waals surface area contributed by atoms with Gasteiger partial charge in [0.25, 0.3) is 0 Å². The average molecular weight is 329 g/mol. The molecular formula is C20H27NO3. The molecule has 0 bridgehead atoms. The van der Waals surface area contributed by atoms with Crippen LogP contribution in [-0.4, -0.2) is 36.9 Å². The lowest BCUT2D eigenvalue weighted by Crippen LogP contribution is -2.46.